The van der Waals surface area contributed by atoms with Gasteiger partial charge < -0.3 is 9.68 Å². The van der Waals surface area contributed by atoms with Crippen molar-refractivity contribution in [3.05, 3.63) is 95.1 Å². The predicted molar refractivity (Wildman–Crippen MR) is 119 cm³/mol. The van der Waals surface area contributed by atoms with Gasteiger partial charge in [-0.1, -0.05) is 52.8 Å². The first-order chi connectivity index (χ1) is 14.7. The molecule has 0 fully saturated rings. The lowest BCUT2D eigenvalue weighted by atomic mass is 10.1. The molecule has 0 radical (unpaired) electrons. The number of rotatable bonds is 9. The van der Waals surface area contributed by atoms with Crippen molar-refractivity contribution in [2.75, 3.05) is 13.7 Å². The van der Waals surface area contributed by atoms with Crippen molar-refractivity contribution in [2.45, 2.75) is 26.7 Å². The van der Waals surface area contributed by atoms with E-state index in [2.05, 4.69) is 20.3 Å². The molecule has 0 aliphatic heterocycles. The second kappa shape index (κ2) is 10.9. The van der Waals surface area contributed by atoms with Crippen LogP contribution in [-0.4, -0.2) is 35.1 Å². The zero-order chi connectivity index (χ0) is 21.2. The van der Waals surface area contributed by atoms with Crippen molar-refractivity contribution in [3.63, 3.8) is 0 Å². The van der Waals surface area contributed by atoms with Crippen molar-refractivity contribution < 1.29 is 9.68 Å². The number of aryl methyl sites for hydroxylation is 2. The molecule has 0 aliphatic rings. The fourth-order valence-electron chi connectivity index (χ4n) is 2.95. The van der Waals surface area contributed by atoms with E-state index in [1.807, 2.05) is 80.6 Å². The number of oxime groups is 2. The normalized spacial score (nSPS) is 12.0. The summed E-state index contributed by atoms with van der Waals surface area (Å²) in [4.78, 5) is 19.7. The van der Waals surface area contributed by atoms with Crippen molar-refractivity contribution in [2.24, 2.45) is 10.3 Å². The Labute approximate surface area is 177 Å². The van der Waals surface area contributed by atoms with Crippen molar-refractivity contribution in [3.8, 4) is 0 Å². The summed E-state index contributed by atoms with van der Waals surface area (Å²) in [6.07, 6.45) is 1.58. The smallest absolute Gasteiger partial charge is 0.135 e. The number of hydrogen-bond acceptors (Lipinski definition) is 6. The molecule has 0 saturated carbocycles. The van der Waals surface area contributed by atoms with Crippen LogP contribution >= 0.6 is 0 Å². The third kappa shape index (κ3) is 5.98. The molecule has 0 amide bonds. The minimum atomic E-state index is 0.485. The Morgan fingerprint density at radius 3 is 2.40 bits per heavy atom. The second-order valence-corrected chi connectivity index (χ2v) is 6.78. The summed E-state index contributed by atoms with van der Waals surface area (Å²) in [6, 6.07) is 21.7. The average molecular weight is 402 g/mol. The summed E-state index contributed by atoms with van der Waals surface area (Å²) in [6.45, 7) is 4.32. The Kier molecular flexibility index (Phi) is 7.66. The molecule has 3 rings (SSSR count). The quantitative estimate of drug-likeness (QED) is 0.299. The number of aromatic nitrogens is 2. The van der Waals surface area contributed by atoms with E-state index < -0.39 is 0 Å². The van der Waals surface area contributed by atoms with Crippen LogP contribution in [0.15, 0.2) is 77.0 Å². The van der Waals surface area contributed by atoms with Gasteiger partial charge in [0.2, 0.25) is 0 Å². The number of hydrogen-bond donors (Lipinski definition) is 0. The Bertz CT molecular complexity index is 1020. The molecule has 2 aromatic heterocycles. The van der Waals surface area contributed by atoms with Crippen LogP contribution in [0.4, 0.5) is 0 Å². The van der Waals surface area contributed by atoms with E-state index in [1.54, 1.807) is 0 Å². The highest BCUT2D eigenvalue weighted by Crippen LogP contribution is 2.11. The fraction of sp³-hybridized carbons (Fsp3) is 0.250. The van der Waals surface area contributed by atoms with Crippen LogP contribution in [0, 0.1) is 6.92 Å². The molecule has 0 spiro atoms. The topological polar surface area (TPSA) is 69.0 Å². The van der Waals surface area contributed by atoms with E-state index in [-0.39, 0.29) is 0 Å². The summed E-state index contributed by atoms with van der Waals surface area (Å²) < 4.78 is 0. The average Bonchev–Trinajstić information content (AvgIpc) is 2.77. The predicted octanol–water partition coefficient (Wildman–Crippen LogP) is 4.56. The van der Waals surface area contributed by atoms with Crippen LogP contribution in [0.5, 0.6) is 0 Å². The van der Waals surface area contributed by atoms with Crippen LogP contribution in [0.25, 0.3) is 0 Å². The van der Waals surface area contributed by atoms with Gasteiger partial charge in [0.15, 0.2) is 0 Å². The first kappa shape index (κ1) is 21.2. The Morgan fingerprint density at radius 1 is 0.867 bits per heavy atom. The van der Waals surface area contributed by atoms with Crippen molar-refractivity contribution in [1.82, 2.24) is 9.97 Å². The van der Waals surface area contributed by atoms with Gasteiger partial charge in [-0.25, -0.2) is 0 Å². The lowest BCUT2D eigenvalue weighted by molar-refractivity contribution is 0.142. The zero-order valence-electron chi connectivity index (χ0n) is 17.6. The SMILES string of the molecule is CON=C(C)c1cccc(CCCON=C(c2ccccc2)c2cccc(C)n2)n1. The number of benzene rings is 1. The molecule has 0 N–H and O–H groups in total. The second-order valence-electron chi connectivity index (χ2n) is 6.78. The summed E-state index contributed by atoms with van der Waals surface area (Å²) in [5.74, 6) is 0. The first-order valence-corrected chi connectivity index (χ1v) is 9.91. The van der Waals surface area contributed by atoms with Gasteiger partial charge in [0.1, 0.15) is 25.1 Å². The van der Waals surface area contributed by atoms with Gasteiger partial charge in [-0.2, -0.15) is 0 Å². The number of pyridine rings is 2. The Morgan fingerprint density at radius 2 is 1.63 bits per heavy atom. The monoisotopic (exact) mass is 402 g/mol. The van der Waals surface area contributed by atoms with Gasteiger partial charge in [0, 0.05) is 17.0 Å². The fourth-order valence-corrected chi connectivity index (χ4v) is 2.95. The van der Waals surface area contributed by atoms with E-state index in [9.17, 15) is 0 Å². The van der Waals surface area contributed by atoms with Gasteiger partial charge in [-0.05, 0) is 51.0 Å². The maximum atomic E-state index is 5.66. The summed E-state index contributed by atoms with van der Waals surface area (Å²) in [5, 5.41) is 8.34. The van der Waals surface area contributed by atoms with Crippen LogP contribution in [0.3, 0.4) is 0 Å². The van der Waals surface area contributed by atoms with E-state index in [4.69, 9.17) is 9.68 Å². The molecule has 3 aromatic rings. The minimum Gasteiger partial charge on any atom is -0.399 e. The van der Waals surface area contributed by atoms with Crippen LogP contribution in [-0.2, 0) is 16.1 Å². The molecule has 0 atom stereocenters. The highest BCUT2D eigenvalue weighted by Gasteiger charge is 2.09. The molecule has 6 heteroatoms. The molecule has 30 heavy (non-hydrogen) atoms. The molecule has 0 aliphatic carbocycles. The summed E-state index contributed by atoms with van der Waals surface area (Å²) in [7, 11) is 1.53. The van der Waals surface area contributed by atoms with Crippen LogP contribution < -0.4 is 0 Å². The van der Waals surface area contributed by atoms with Gasteiger partial charge >= 0.3 is 0 Å². The van der Waals surface area contributed by atoms with Gasteiger partial charge in [-0.15, -0.1) is 0 Å². The lowest BCUT2D eigenvalue weighted by Gasteiger charge is -2.08. The molecule has 6 nitrogen and oxygen atoms in total. The molecule has 2 heterocycles. The maximum absolute atomic E-state index is 5.66. The Hall–Kier alpha value is -3.54. The number of nitrogens with zero attached hydrogens (tertiary/aromatic N) is 4. The molecular formula is C24H26N4O2. The van der Waals surface area contributed by atoms with E-state index in [0.29, 0.717) is 6.61 Å². The maximum Gasteiger partial charge on any atom is 0.135 e. The standard InChI is InChI=1S/C24H26N4O2/c1-18-10-7-16-23(25-18)24(20-11-5-4-6-12-20)28-30-17-9-14-21-13-8-15-22(26-21)19(2)27-29-3/h4-8,10-13,15-16H,9,14,17H2,1-3H3. The molecular weight excluding hydrogens is 376 g/mol. The lowest BCUT2D eigenvalue weighted by Crippen LogP contribution is -2.08. The summed E-state index contributed by atoms with van der Waals surface area (Å²) in [5.41, 5.74) is 5.97. The highest BCUT2D eigenvalue weighted by atomic mass is 16.6. The molecule has 1 aromatic carbocycles. The van der Waals surface area contributed by atoms with Gasteiger partial charge in [-0.3, -0.25) is 9.97 Å². The Balaban J connectivity index is 1.64. The first-order valence-electron chi connectivity index (χ1n) is 9.91. The van der Waals surface area contributed by atoms with Crippen molar-refractivity contribution >= 4 is 11.4 Å². The van der Waals surface area contributed by atoms with Gasteiger partial charge in [0.25, 0.3) is 0 Å². The minimum absolute atomic E-state index is 0.485. The van der Waals surface area contributed by atoms with Crippen LogP contribution in [0.2, 0.25) is 0 Å². The molecule has 0 saturated heterocycles. The van der Waals surface area contributed by atoms with E-state index >= 15 is 0 Å². The molecule has 0 unspecified atom stereocenters. The largest absolute Gasteiger partial charge is 0.399 e. The molecule has 154 valence electrons. The van der Waals surface area contributed by atoms with E-state index in [1.165, 1.54) is 7.11 Å². The highest BCUT2D eigenvalue weighted by molar-refractivity contribution is 6.11. The van der Waals surface area contributed by atoms with Gasteiger partial charge in [0.05, 0.1) is 11.4 Å². The molecule has 0 bridgehead atoms. The van der Waals surface area contributed by atoms with Crippen LogP contribution in [0.1, 0.15) is 41.7 Å². The summed E-state index contributed by atoms with van der Waals surface area (Å²) >= 11 is 0. The zero-order valence-corrected chi connectivity index (χ0v) is 17.6. The van der Waals surface area contributed by atoms with Crippen molar-refractivity contribution in [1.29, 1.82) is 0 Å². The third-order valence-corrected chi connectivity index (χ3v) is 4.41. The van der Waals surface area contributed by atoms with E-state index in [0.717, 1.165) is 52.6 Å². The third-order valence-electron chi connectivity index (χ3n) is 4.41.